The molecule has 2 aliphatic rings. The number of hydrogen-bond donors (Lipinski definition) is 2. The van der Waals surface area contributed by atoms with Crippen molar-refractivity contribution in [3.8, 4) is 6.07 Å². The van der Waals surface area contributed by atoms with Crippen molar-refractivity contribution in [2.75, 3.05) is 42.2 Å². The van der Waals surface area contributed by atoms with Gasteiger partial charge in [0.1, 0.15) is 17.5 Å². The average molecular weight is 432 g/mol. The first-order valence-electron chi connectivity index (χ1n) is 11.1. The summed E-state index contributed by atoms with van der Waals surface area (Å²) in [6.07, 6.45) is 4.16. The van der Waals surface area contributed by atoms with Crippen LogP contribution in [-0.4, -0.2) is 47.5 Å². The molecule has 0 radical (unpaired) electrons. The molecule has 32 heavy (non-hydrogen) atoms. The highest BCUT2D eigenvalue weighted by Gasteiger charge is 2.27. The number of likely N-dealkylation sites (tertiary alicyclic amines) is 1. The van der Waals surface area contributed by atoms with E-state index >= 15 is 0 Å². The van der Waals surface area contributed by atoms with Gasteiger partial charge in [0, 0.05) is 19.2 Å². The number of fused-ring (bicyclic) bond motifs is 1. The Hall–Kier alpha value is -3.44. The van der Waals surface area contributed by atoms with E-state index in [-0.39, 0.29) is 11.9 Å². The first-order chi connectivity index (χ1) is 15.5. The van der Waals surface area contributed by atoms with Crippen LogP contribution < -0.4 is 15.5 Å². The van der Waals surface area contributed by atoms with Crippen LogP contribution in [0.15, 0.2) is 36.3 Å². The zero-order chi connectivity index (χ0) is 22.7. The zero-order valence-electron chi connectivity index (χ0n) is 18.9. The van der Waals surface area contributed by atoms with Crippen molar-refractivity contribution >= 4 is 28.8 Å². The van der Waals surface area contributed by atoms with Gasteiger partial charge in [0.25, 0.3) is 0 Å². The van der Waals surface area contributed by atoms with Crippen LogP contribution in [0.2, 0.25) is 0 Å². The number of carbonyl (C=O) groups excluding carboxylic acids is 1. The number of para-hydroxylation sites is 2. The second-order valence-electron chi connectivity index (χ2n) is 8.45. The highest BCUT2D eigenvalue weighted by molar-refractivity contribution is 5.92. The minimum atomic E-state index is -0.0814. The Labute approximate surface area is 189 Å². The van der Waals surface area contributed by atoms with Crippen LogP contribution >= 0.6 is 0 Å². The Morgan fingerprint density at radius 3 is 2.78 bits per heavy atom. The van der Waals surface area contributed by atoms with E-state index in [1.165, 1.54) is 0 Å². The third-order valence-corrected chi connectivity index (χ3v) is 6.15. The third-order valence-electron chi connectivity index (χ3n) is 6.15. The molecule has 2 aliphatic heterocycles. The Bertz CT molecular complexity index is 1080. The molecule has 0 aliphatic carbocycles. The van der Waals surface area contributed by atoms with Gasteiger partial charge in [-0.25, -0.2) is 9.97 Å². The lowest BCUT2D eigenvalue weighted by Crippen LogP contribution is -2.32. The lowest BCUT2D eigenvalue weighted by atomic mass is 9.93. The second-order valence-corrected chi connectivity index (χ2v) is 8.45. The van der Waals surface area contributed by atoms with Gasteiger partial charge in [0.2, 0.25) is 11.9 Å². The summed E-state index contributed by atoms with van der Waals surface area (Å²) >= 11 is 0. The van der Waals surface area contributed by atoms with Crippen LogP contribution in [0.4, 0.5) is 17.3 Å². The summed E-state index contributed by atoms with van der Waals surface area (Å²) in [6.45, 7) is 6.65. The van der Waals surface area contributed by atoms with Crippen molar-refractivity contribution in [1.82, 2.24) is 14.9 Å². The lowest BCUT2D eigenvalue weighted by molar-refractivity contribution is -0.117. The van der Waals surface area contributed by atoms with E-state index in [4.69, 9.17) is 0 Å². The molecule has 0 unspecified atom stereocenters. The van der Waals surface area contributed by atoms with Crippen LogP contribution in [0.25, 0.3) is 5.57 Å². The van der Waals surface area contributed by atoms with Gasteiger partial charge in [-0.1, -0.05) is 12.1 Å². The van der Waals surface area contributed by atoms with Crippen molar-refractivity contribution in [2.45, 2.75) is 33.1 Å². The van der Waals surface area contributed by atoms with Crippen LogP contribution in [0.3, 0.4) is 0 Å². The van der Waals surface area contributed by atoms with Crippen LogP contribution in [0, 0.1) is 24.2 Å². The molecule has 1 aromatic heterocycles. The number of nitriles is 1. The van der Waals surface area contributed by atoms with Gasteiger partial charge >= 0.3 is 0 Å². The standard InChI is InChI=1S/C24H29N7O/c1-4-31-20-8-6-5-7-19(20)27-23(31)18(14-25)22-16(2)15-26-24(29-22)28-21(32)13-17-9-11-30(3)12-10-17/h5-8,15,17,27H,4,9-13H2,1-3H3,(H,26,28,29,32)/b23-18+. The van der Waals surface area contributed by atoms with Crippen LogP contribution in [0.5, 0.6) is 0 Å². The van der Waals surface area contributed by atoms with Crippen molar-refractivity contribution in [3.63, 3.8) is 0 Å². The van der Waals surface area contributed by atoms with Gasteiger partial charge in [0.15, 0.2) is 0 Å². The van der Waals surface area contributed by atoms with Gasteiger partial charge in [-0.3, -0.25) is 10.1 Å². The molecule has 8 nitrogen and oxygen atoms in total. The second kappa shape index (κ2) is 9.37. The summed E-state index contributed by atoms with van der Waals surface area (Å²) in [6, 6.07) is 10.3. The maximum atomic E-state index is 12.6. The largest absolute Gasteiger partial charge is 0.339 e. The minimum Gasteiger partial charge on any atom is -0.339 e. The molecule has 3 heterocycles. The average Bonchev–Trinajstić information content (AvgIpc) is 3.16. The number of hydrogen-bond acceptors (Lipinski definition) is 7. The minimum absolute atomic E-state index is 0.0814. The van der Waals surface area contributed by atoms with E-state index in [0.717, 1.165) is 42.9 Å². The van der Waals surface area contributed by atoms with Crippen molar-refractivity contribution < 1.29 is 4.79 Å². The Morgan fingerprint density at radius 2 is 2.06 bits per heavy atom. The normalized spacial score (nSPS) is 18.0. The van der Waals surface area contributed by atoms with Crippen molar-refractivity contribution in [2.24, 2.45) is 5.92 Å². The Balaban J connectivity index is 1.57. The first-order valence-corrected chi connectivity index (χ1v) is 11.1. The number of piperidine rings is 1. The van der Waals surface area contributed by atoms with Gasteiger partial charge < -0.3 is 15.1 Å². The third kappa shape index (κ3) is 4.43. The van der Waals surface area contributed by atoms with E-state index in [9.17, 15) is 10.1 Å². The van der Waals surface area contributed by atoms with E-state index in [0.29, 0.717) is 36.0 Å². The maximum Gasteiger partial charge on any atom is 0.229 e. The molecule has 0 spiro atoms. The zero-order valence-corrected chi connectivity index (χ0v) is 18.9. The highest BCUT2D eigenvalue weighted by atomic mass is 16.1. The topological polar surface area (TPSA) is 97.2 Å². The molecule has 2 aromatic rings. The molecular formula is C24H29N7O. The fraction of sp³-hybridized carbons (Fsp3) is 0.417. The van der Waals surface area contributed by atoms with Gasteiger partial charge in [-0.15, -0.1) is 0 Å². The number of aryl methyl sites for hydroxylation is 1. The van der Waals surface area contributed by atoms with E-state index in [1.807, 2.05) is 38.1 Å². The molecule has 8 heteroatoms. The molecule has 1 saturated heterocycles. The number of nitrogens with one attached hydrogen (secondary N) is 2. The molecule has 0 atom stereocenters. The van der Waals surface area contributed by atoms with E-state index in [2.05, 4.69) is 43.5 Å². The molecule has 1 amide bonds. The Kier molecular flexibility index (Phi) is 6.37. The molecule has 0 bridgehead atoms. The lowest BCUT2D eigenvalue weighted by Gasteiger charge is -2.28. The van der Waals surface area contributed by atoms with Crippen molar-refractivity contribution in [1.29, 1.82) is 5.26 Å². The van der Waals surface area contributed by atoms with Gasteiger partial charge in [-0.05, 0) is 70.4 Å². The molecule has 4 rings (SSSR count). The monoisotopic (exact) mass is 431 g/mol. The Morgan fingerprint density at radius 1 is 1.31 bits per heavy atom. The summed E-state index contributed by atoms with van der Waals surface area (Å²) < 4.78 is 0. The maximum absolute atomic E-state index is 12.6. The molecule has 166 valence electrons. The van der Waals surface area contributed by atoms with Crippen LogP contribution in [-0.2, 0) is 4.79 Å². The SMILES string of the molecule is CCN1/C(=C(\C#N)c2nc(NC(=O)CC3CCN(C)CC3)ncc2C)Nc2ccccc21. The van der Waals surface area contributed by atoms with Gasteiger partial charge in [0.05, 0.1) is 17.1 Å². The summed E-state index contributed by atoms with van der Waals surface area (Å²) in [4.78, 5) is 25.8. The first kappa shape index (κ1) is 21.8. The predicted molar refractivity (Wildman–Crippen MR) is 126 cm³/mol. The summed E-state index contributed by atoms with van der Waals surface area (Å²) in [5, 5.41) is 16.2. The number of benzene rings is 1. The number of rotatable bonds is 5. The number of amides is 1. The summed E-state index contributed by atoms with van der Waals surface area (Å²) in [5.74, 6) is 1.23. The quantitative estimate of drug-likeness (QED) is 0.698. The van der Waals surface area contributed by atoms with Crippen LogP contribution in [0.1, 0.15) is 37.4 Å². The number of aromatic nitrogens is 2. The predicted octanol–water partition coefficient (Wildman–Crippen LogP) is 3.60. The molecule has 2 N–H and O–H groups in total. The number of nitrogens with zero attached hydrogens (tertiary/aromatic N) is 5. The fourth-order valence-electron chi connectivity index (χ4n) is 4.33. The summed E-state index contributed by atoms with van der Waals surface area (Å²) in [5.41, 5.74) is 3.70. The number of anilines is 3. The fourth-order valence-corrected chi connectivity index (χ4v) is 4.33. The molecular weight excluding hydrogens is 402 g/mol. The number of allylic oxidation sites excluding steroid dienone is 1. The van der Waals surface area contributed by atoms with E-state index < -0.39 is 0 Å². The summed E-state index contributed by atoms with van der Waals surface area (Å²) in [7, 11) is 2.11. The molecule has 1 aromatic carbocycles. The van der Waals surface area contributed by atoms with E-state index in [1.54, 1.807) is 6.20 Å². The molecule has 1 fully saturated rings. The molecule has 0 saturated carbocycles. The van der Waals surface area contributed by atoms with Crippen molar-refractivity contribution in [3.05, 3.63) is 47.5 Å². The highest BCUT2D eigenvalue weighted by Crippen LogP contribution is 2.38. The smallest absolute Gasteiger partial charge is 0.229 e. The number of carbonyl (C=O) groups is 1. The van der Waals surface area contributed by atoms with Gasteiger partial charge in [-0.2, -0.15) is 5.26 Å².